The summed E-state index contributed by atoms with van der Waals surface area (Å²) in [5.41, 5.74) is 0. The van der Waals surface area contributed by atoms with Crippen LogP contribution in [0.5, 0.6) is 0 Å². The Labute approximate surface area is 87.9 Å². The third-order valence-corrected chi connectivity index (χ3v) is 1.39. The fourth-order valence-corrected chi connectivity index (χ4v) is 0.583. The first kappa shape index (κ1) is 13.7. The summed E-state index contributed by atoms with van der Waals surface area (Å²) in [4.78, 5) is 21.7. The van der Waals surface area contributed by atoms with Crippen LogP contribution in [-0.2, 0) is 14.3 Å². The molecule has 0 saturated heterocycles. The van der Waals surface area contributed by atoms with E-state index in [0.717, 1.165) is 0 Å². The van der Waals surface area contributed by atoms with Crippen molar-refractivity contribution in [3.8, 4) is 0 Å². The number of alkyl halides is 1. The van der Waals surface area contributed by atoms with Crippen LogP contribution >= 0.6 is 0 Å². The quantitative estimate of drug-likeness (QED) is 0.560. The van der Waals surface area contributed by atoms with Gasteiger partial charge in [-0.3, -0.25) is 4.79 Å². The molecule has 0 rings (SSSR count). The number of hydrogen-bond donors (Lipinski definition) is 1. The van der Waals surface area contributed by atoms with E-state index in [0.29, 0.717) is 0 Å². The van der Waals surface area contributed by atoms with Crippen molar-refractivity contribution < 1.29 is 23.5 Å². The van der Waals surface area contributed by atoms with Gasteiger partial charge in [-0.1, -0.05) is 13.8 Å². The normalized spacial score (nSPS) is 12.1. The summed E-state index contributed by atoms with van der Waals surface area (Å²) in [5, 5.41) is 2.16. The molecule has 1 N–H and O–H groups in total. The highest BCUT2D eigenvalue weighted by molar-refractivity contribution is 5.71. The van der Waals surface area contributed by atoms with Gasteiger partial charge in [-0.2, -0.15) is 0 Å². The third-order valence-electron chi connectivity index (χ3n) is 1.39. The maximum absolute atomic E-state index is 12.3. The van der Waals surface area contributed by atoms with Crippen LogP contribution in [0.2, 0.25) is 0 Å². The van der Waals surface area contributed by atoms with E-state index in [1.54, 1.807) is 13.8 Å². The molecule has 5 nitrogen and oxygen atoms in total. The minimum atomic E-state index is -1.14. The molecule has 0 aromatic rings. The summed E-state index contributed by atoms with van der Waals surface area (Å²) < 4.78 is 21.3. The Bertz CT molecular complexity index is 218. The second-order valence-electron chi connectivity index (χ2n) is 3.33. The van der Waals surface area contributed by atoms with Gasteiger partial charge >= 0.3 is 12.1 Å². The molecule has 0 bridgehead atoms. The van der Waals surface area contributed by atoms with Gasteiger partial charge < -0.3 is 14.8 Å². The first-order valence-corrected chi connectivity index (χ1v) is 4.64. The maximum atomic E-state index is 12.3. The molecule has 0 aliphatic rings. The zero-order chi connectivity index (χ0) is 11.8. The van der Waals surface area contributed by atoms with Gasteiger partial charge in [0.05, 0.1) is 12.5 Å². The molecule has 1 amide bonds. The van der Waals surface area contributed by atoms with Gasteiger partial charge in [0.1, 0.15) is 6.17 Å². The van der Waals surface area contributed by atoms with Gasteiger partial charge in [0.15, 0.2) is 0 Å². The van der Waals surface area contributed by atoms with Gasteiger partial charge in [0.2, 0.25) is 6.79 Å². The number of alkyl carbamates (subject to hydrolysis) is 1. The zero-order valence-corrected chi connectivity index (χ0v) is 9.08. The van der Waals surface area contributed by atoms with Gasteiger partial charge in [-0.15, -0.1) is 0 Å². The van der Waals surface area contributed by atoms with Crippen molar-refractivity contribution in [3.05, 3.63) is 0 Å². The lowest BCUT2D eigenvalue weighted by Gasteiger charge is -2.09. The van der Waals surface area contributed by atoms with Gasteiger partial charge in [-0.05, 0) is 6.92 Å². The van der Waals surface area contributed by atoms with E-state index < -0.39 is 25.0 Å². The Hall–Kier alpha value is -1.33. The minimum Gasteiger partial charge on any atom is -0.428 e. The lowest BCUT2D eigenvalue weighted by atomic mass is 10.2. The van der Waals surface area contributed by atoms with Crippen molar-refractivity contribution in [3.63, 3.8) is 0 Å². The largest absolute Gasteiger partial charge is 0.428 e. The number of halogens is 1. The molecule has 0 radical (unpaired) electrons. The fourth-order valence-electron chi connectivity index (χ4n) is 0.583. The third kappa shape index (κ3) is 7.72. The molecule has 1 atom stereocenters. The molecule has 0 fully saturated rings. The molecule has 0 spiro atoms. The number of nitrogens with one attached hydrogen (secondary N) is 1. The van der Waals surface area contributed by atoms with Crippen LogP contribution in [0, 0.1) is 5.92 Å². The predicted octanol–water partition coefficient (Wildman–Crippen LogP) is 1.23. The number of amides is 1. The minimum absolute atomic E-state index is 0.128. The van der Waals surface area contributed by atoms with Crippen LogP contribution in [-0.4, -0.2) is 31.6 Å². The van der Waals surface area contributed by atoms with Crippen molar-refractivity contribution in [1.82, 2.24) is 5.32 Å². The molecule has 0 aliphatic carbocycles. The molecule has 0 aromatic heterocycles. The molecule has 0 aromatic carbocycles. The van der Waals surface area contributed by atoms with Gasteiger partial charge in [0, 0.05) is 0 Å². The number of hydrogen-bond acceptors (Lipinski definition) is 4. The van der Waals surface area contributed by atoms with Crippen molar-refractivity contribution in [1.29, 1.82) is 0 Å². The van der Waals surface area contributed by atoms with Crippen LogP contribution in [0.4, 0.5) is 9.18 Å². The summed E-state index contributed by atoms with van der Waals surface area (Å²) in [7, 11) is 0. The molecule has 0 heterocycles. The number of esters is 1. The molecular weight excluding hydrogens is 205 g/mol. The Morgan fingerprint density at radius 3 is 2.33 bits per heavy atom. The number of carbonyl (C=O) groups is 2. The van der Waals surface area contributed by atoms with E-state index in [2.05, 4.69) is 14.8 Å². The van der Waals surface area contributed by atoms with E-state index in [-0.39, 0.29) is 12.5 Å². The number of rotatable bonds is 5. The SMILES string of the molecule is CC(C)C(=O)OCOC(=O)NC[C@H](C)F. The van der Waals surface area contributed by atoms with Crippen molar-refractivity contribution >= 4 is 12.1 Å². The fraction of sp³-hybridized carbons (Fsp3) is 0.778. The van der Waals surface area contributed by atoms with Crippen molar-refractivity contribution in [2.75, 3.05) is 13.3 Å². The van der Waals surface area contributed by atoms with E-state index in [1.165, 1.54) is 6.92 Å². The second kappa shape index (κ2) is 7.03. The average molecular weight is 221 g/mol. The van der Waals surface area contributed by atoms with Crippen LogP contribution in [0.3, 0.4) is 0 Å². The highest BCUT2D eigenvalue weighted by Crippen LogP contribution is 1.95. The van der Waals surface area contributed by atoms with Crippen LogP contribution in [0.15, 0.2) is 0 Å². The smallest absolute Gasteiger partial charge is 0.410 e. The summed E-state index contributed by atoms with van der Waals surface area (Å²) in [6.07, 6.45) is -1.95. The molecule has 0 saturated carbocycles. The van der Waals surface area contributed by atoms with E-state index >= 15 is 0 Å². The molecular formula is C9H16FNO4. The Balaban J connectivity index is 3.51. The topological polar surface area (TPSA) is 64.6 Å². The summed E-state index contributed by atoms with van der Waals surface area (Å²) in [6, 6.07) is 0. The lowest BCUT2D eigenvalue weighted by molar-refractivity contribution is -0.155. The second-order valence-corrected chi connectivity index (χ2v) is 3.33. The molecule has 0 unspecified atom stereocenters. The summed E-state index contributed by atoms with van der Waals surface area (Å²) in [6.45, 7) is 4.04. The maximum Gasteiger partial charge on any atom is 0.410 e. The summed E-state index contributed by atoms with van der Waals surface area (Å²) >= 11 is 0. The van der Waals surface area contributed by atoms with Gasteiger partial charge in [0.25, 0.3) is 0 Å². The Kier molecular flexibility index (Phi) is 6.40. The van der Waals surface area contributed by atoms with Crippen molar-refractivity contribution in [2.45, 2.75) is 26.9 Å². The molecule has 6 heteroatoms. The summed E-state index contributed by atoms with van der Waals surface area (Å²) in [5.74, 6) is -0.732. The lowest BCUT2D eigenvalue weighted by Crippen LogP contribution is -2.30. The van der Waals surface area contributed by atoms with E-state index in [4.69, 9.17) is 0 Å². The highest BCUT2D eigenvalue weighted by Gasteiger charge is 2.09. The van der Waals surface area contributed by atoms with Crippen LogP contribution < -0.4 is 5.32 Å². The van der Waals surface area contributed by atoms with Crippen LogP contribution in [0.1, 0.15) is 20.8 Å². The van der Waals surface area contributed by atoms with Gasteiger partial charge in [-0.25, -0.2) is 9.18 Å². The molecule has 0 aliphatic heterocycles. The Morgan fingerprint density at radius 2 is 1.87 bits per heavy atom. The van der Waals surface area contributed by atoms with E-state index in [9.17, 15) is 14.0 Å². The number of carbonyl (C=O) groups excluding carboxylic acids is 2. The highest BCUT2D eigenvalue weighted by atomic mass is 19.1. The first-order chi connectivity index (χ1) is 6.93. The number of ether oxygens (including phenoxy) is 2. The van der Waals surface area contributed by atoms with Crippen molar-refractivity contribution in [2.24, 2.45) is 5.92 Å². The monoisotopic (exact) mass is 221 g/mol. The predicted molar refractivity (Wildman–Crippen MR) is 50.9 cm³/mol. The Morgan fingerprint density at radius 1 is 1.27 bits per heavy atom. The van der Waals surface area contributed by atoms with E-state index in [1.807, 2.05) is 0 Å². The molecule has 88 valence electrons. The average Bonchev–Trinajstić information content (AvgIpc) is 2.14. The molecule has 15 heavy (non-hydrogen) atoms. The standard InChI is InChI=1S/C9H16FNO4/c1-6(2)8(12)14-5-15-9(13)11-4-7(3)10/h6-7H,4-5H2,1-3H3,(H,11,13)/t7-/m0/s1. The zero-order valence-electron chi connectivity index (χ0n) is 9.08. The van der Waals surface area contributed by atoms with Crippen LogP contribution in [0.25, 0.3) is 0 Å². The first-order valence-electron chi connectivity index (χ1n) is 4.64.